The number of carbonyl (C=O) groups is 1. The zero-order valence-electron chi connectivity index (χ0n) is 14.2. The van der Waals surface area contributed by atoms with Crippen molar-refractivity contribution in [2.24, 2.45) is 4.99 Å². The molecule has 0 bridgehead atoms. The number of thioether (sulfide) groups is 1. The average Bonchev–Trinajstić information content (AvgIpc) is 2.91. The van der Waals surface area contributed by atoms with Gasteiger partial charge in [0, 0.05) is 24.4 Å². The summed E-state index contributed by atoms with van der Waals surface area (Å²) in [5.41, 5.74) is 0.593. The second-order valence-electron chi connectivity index (χ2n) is 6.41. The highest BCUT2D eigenvalue weighted by atomic mass is 32.2. The van der Waals surface area contributed by atoms with Crippen molar-refractivity contribution >= 4 is 22.7 Å². The lowest BCUT2D eigenvalue weighted by Crippen LogP contribution is -2.44. The van der Waals surface area contributed by atoms with Crippen LogP contribution in [0.3, 0.4) is 0 Å². The number of carbonyl (C=O) groups excluding carboxylic acids is 1. The largest absolute Gasteiger partial charge is 0.296 e. The number of rotatable bonds is 5. The van der Waals surface area contributed by atoms with E-state index >= 15 is 0 Å². The number of aliphatic imine (C=N–C) groups is 1. The molecule has 1 unspecified atom stereocenters. The third-order valence-corrected chi connectivity index (χ3v) is 5.85. The van der Waals surface area contributed by atoms with E-state index in [1.54, 1.807) is 12.1 Å². The number of hydrogen-bond donors (Lipinski definition) is 0. The van der Waals surface area contributed by atoms with Gasteiger partial charge in [-0.15, -0.1) is 0 Å². The summed E-state index contributed by atoms with van der Waals surface area (Å²) in [5, 5.41) is 0.364. The molecule has 1 amide bonds. The Morgan fingerprint density at radius 1 is 1.15 bits per heavy atom. The topological polar surface area (TPSA) is 42.3 Å². The van der Waals surface area contributed by atoms with E-state index in [-0.39, 0.29) is 17.3 Å². The van der Waals surface area contributed by atoms with Crippen molar-refractivity contribution in [3.05, 3.63) is 65.7 Å². The van der Waals surface area contributed by atoms with Crippen LogP contribution in [0.15, 0.2) is 53.8 Å². The number of nitrogens with zero attached hydrogens (tertiary/aromatic N) is 2. The van der Waals surface area contributed by atoms with Crippen LogP contribution in [0.25, 0.3) is 0 Å². The van der Waals surface area contributed by atoms with E-state index in [4.69, 9.17) is 0 Å². The molecule has 1 aromatic carbocycles. The summed E-state index contributed by atoms with van der Waals surface area (Å²) >= 11 is 0.805. The Hall–Kier alpha value is -2.15. The maximum Gasteiger partial charge on any atom is 0.296 e. The van der Waals surface area contributed by atoms with Gasteiger partial charge in [0.2, 0.25) is 0 Å². The summed E-state index contributed by atoms with van der Waals surface area (Å²) in [4.78, 5) is 20.0. The maximum absolute atomic E-state index is 15.0. The van der Waals surface area contributed by atoms with Crippen molar-refractivity contribution in [3.63, 3.8) is 0 Å². The Balaban J connectivity index is 1.78. The van der Waals surface area contributed by atoms with Gasteiger partial charge < -0.3 is 0 Å². The normalized spacial score (nSPS) is 21.6. The highest BCUT2D eigenvalue weighted by Crippen LogP contribution is 2.52. The molecule has 2 heterocycles. The fourth-order valence-corrected chi connectivity index (χ4v) is 4.13. The van der Waals surface area contributed by atoms with Gasteiger partial charge in [-0.05, 0) is 42.7 Å². The first-order valence-electron chi connectivity index (χ1n) is 8.09. The van der Waals surface area contributed by atoms with Gasteiger partial charge in [-0.2, -0.15) is 8.78 Å². The van der Waals surface area contributed by atoms with Gasteiger partial charge in [-0.25, -0.2) is 9.38 Å². The Kier molecular flexibility index (Phi) is 4.92. The monoisotopic (exact) mass is 378 g/mol. The van der Waals surface area contributed by atoms with Gasteiger partial charge >= 0.3 is 0 Å². The number of halogens is 3. The number of aromatic nitrogens is 1. The van der Waals surface area contributed by atoms with Crippen LogP contribution in [0.1, 0.15) is 37.3 Å². The minimum absolute atomic E-state index is 0.0773. The molecule has 2 atom stereocenters. The summed E-state index contributed by atoms with van der Waals surface area (Å²) in [5.74, 6) is -4.65. The minimum Gasteiger partial charge on any atom is -0.271 e. The van der Waals surface area contributed by atoms with Crippen LogP contribution in [-0.2, 0) is 10.7 Å². The van der Waals surface area contributed by atoms with Crippen molar-refractivity contribution in [1.29, 1.82) is 0 Å². The maximum atomic E-state index is 15.0. The first-order chi connectivity index (χ1) is 12.2. The zero-order valence-corrected chi connectivity index (χ0v) is 15.1. The molecule has 1 aromatic heterocycles. The molecule has 2 aromatic rings. The molecule has 0 fully saturated rings. The van der Waals surface area contributed by atoms with E-state index in [0.717, 1.165) is 17.3 Å². The van der Waals surface area contributed by atoms with Crippen LogP contribution < -0.4 is 0 Å². The van der Waals surface area contributed by atoms with Crippen molar-refractivity contribution in [3.8, 4) is 0 Å². The smallest absolute Gasteiger partial charge is 0.271 e. The van der Waals surface area contributed by atoms with Gasteiger partial charge in [0.1, 0.15) is 5.82 Å². The summed E-state index contributed by atoms with van der Waals surface area (Å²) in [6.45, 7) is 3.11. The Morgan fingerprint density at radius 3 is 2.38 bits per heavy atom. The SMILES string of the molecule is C[C@H](CC1=NC(=O)C(C)(C(F)(F)c2ccncc2)S1)c1ccc(F)cc1. The number of benzene rings is 1. The van der Waals surface area contributed by atoms with Crippen LogP contribution >= 0.6 is 11.8 Å². The molecule has 3 nitrogen and oxygen atoms in total. The lowest BCUT2D eigenvalue weighted by atomic mass is 9.95. The molecule has 136 valence electrons. The highest BCUT2D eigenvalue weighted by Gasteiger charge is 2.60. The molecule has 26 heavy (non-hydrogen) atoms. The second-order valence-corrected chi connectivity index (χ2v) is 7.90. The number of alkyl halides is 2. The van der Waals surface area contributed by atoms with E-state index < -0.39 is 16.6 Å². The molecule has 1 aliphatic rings. The first kappa shape index (κ1) is 18.6. The molecule has 1 aliphatic heterocycles. The predicted molar refractivity (Wildman–Crippen MR) is 96.0 cm³/mol. The average molecular weight is 378 g/mol. The van der Waals surface area contributed by atoms with Gasteiger partial charge in [0.15, 0.2) is 4.75 Å². The van der Waals surface area contributed by atoms with E-state index in [2.05, 4.69) is 9.98 Å². The van der Waals surface area contributed by atoms with E-state index in [0.29, 0.717) is 11.5 Å². The molecule has 0 saturated carbocycles. The van der Waals surface area contributed by atoms with Crippen molar-refractivity contribution in [2.75, 3.05) is 0 Å². The van der Waals surface area contributed by atoms with Gasteiger partial charge in [0.25, 0.3) is 11.8 Å². The summed E-state index contributed by atoms with van der Waals surface area (Å²) in [6.07, 6.45) is 2.88. The minimum atomic E-state index is -3.39. The van der Waals surface area contributed by atoms with Crippen LogP contribution in [0.4, 0.5) is 13.2 Å². The molecule has 3 rings (SSSR count). The molecule has 0 aliphatic carbocycles. The zero-order chi connectivity index (χ0) is 18.9. The number of pyridine rings is 1. The summed E-state index contributed by atoms with van der Waals surface area (Å²) in [6, 6.07) is 8.40. The summed E-state index contributed by atoms with van der Waals surface area (Å²) < 4.78 is 41.0. The molecule has 7 heteroatoms. The second kappa shape index (κ2) is 6.87. The van der Waals surface area contributed by atoms with Crippen molar-refractivity contribution in [2.45, 2.75) is 36.9 Å². The van der Waals surface area contributed by atoms with Crippen LogP contribution in [0, 0.1) is 5.82 Å². The van der Waals surface area contributed by atoms with E-state index in [9.17, 15) is 18.0 Å². The van der Waals surface area contributed by atoms with Gasteiger partial charge in [-0.3, -0.25) is 9.78 Å². The Morgan fingerprint density at radius 2 is 1.77 bits per heavy atom. The standard InChI is InChI=1S/C19H17F3N2OS/c1-12(13-3-5-15(20)6-4-13)11-16-24-17(25)18(2,26-16)19(21,22)14-7-9-23-10-8-14/h3-10,12H,11H2,1-2H3/t12-,18?/m1/s1. The molecule has 0 spiro atoms. The lowest BCUT2D eigenvalue weighted by molar-refractivity contribution is -0.130. The highest BCUT2D eigenvalue weighted by molar-refractivity contribution is 8.16. The van der Waals surface area contributed by atoms with Crippen LogP contribution in [-0.4, -0.2) is 20.7 Å². The van der Waals surface area contributed by atoms with Crippen LogP contribution in [0.2, 0.25) is 0 Å². The van der Waals surface area contributed by atoms with Gasteiger partial charge in [-0.1, -0.05) is 30.8 Å². The van der Waals surface area contributed by atoms with E-state index in [1.807, 2.05) is 6.92 Å². The fourth-order valence-electron chi connectivity index (χ4n) is 2.82. The molecule has 0 N–H and O–H groups in total. The fraction of sp³-hybridized carbons (Fsp3) is 0.316. The first-order valence-corrected chi connectivity index (χ1v) is 8.90. The van der Waals surface area contributed by atoms with Crippen molar-refractivity contribution < 1.29 is 18.0 Å². The number of amides is 1. The lowest BCUT2D eigenvalue weighted by Gasteiger charge is -2.30. The van der Waals surface area contributed by atoms with Crippen LogP contribution in [0.5, 0.6) is 0 Å². The Bertz CT molecular complexity index is 840. The number of hydrogen-bond acceptors (Lipinski definition) is 3. The molecule has 0 radical (unpaired) electrons. The Labute approximate surface area is 153 Å². The van der Waals surface area contributed by atoms with E-state index in [1.165, 1.54) is 43.6 Å². The quantitative estimate of drug-likeness (QED) is 0.740. The molecular formula is C19H17F3N2OS. The van der Waals surface area contributed by atoms with Crippen molar-refractivity contribution in [1.82, 2.24) is 4.98 Å². The summed E-state index contributed by atoms with van der Waals surface area (Å²) in [7, 11) is 0. The third kappa shape index (κ3) is 3.28. The third-order valence-electron chi connectivity index (χ3n) is 4.52. The molecule has 0 saturated heterocycles. The predicted octanol–water partition coefficient (Wildman–Crippen LogP) is 4.94. The van der Waals surface area contributed by atoms with Gasteiger partial charge in [0.05, 0.1) is 5.04 Å². The molecular weight excluding hydrogens is 361 g/mol.